The summed E-state index contributed by atoms with van der Waals surface area (Å²) < 4.78 is 0. The highest BCUT2D eigenvalue weighted by atomic mass is 16.2. The molecule has 0 aliphatic carbocycles. The number of amides is 2. The van der Waals surface area contributed by atoms with Crippen molar-refractivity contribution >= 4 is 6.03 Å². The quantitative estimate of drug-likeness (QED) is 0.567. The van der Waals surface area contributed by atoms with Crippen molar-refractivity contribution in [2.75, 3.05) is 26.7 Å². The summed E-state index contributed by atoms with van der Waals surface area (Å²) in [6.07, 6.45) is 0.837. The van der Waals surface area contributed by atoms with Gasteiger partial charge >= 0.3 is 6.03 Å². The van der Waals surface area contributed by atoms with Gasteiger partial charge in [-0.15, -0.1) is 0 Å². The smallest absolute Gasteiger partial charge is 0.317 e. The molecular formula is C7H17N3O. The molecule has 3 N–H and O–H groups in total. The molecule has 0 fully saturated rings. The van der Waals surface area contributed by atoms with Crippen LogP contribution < -0.4 is 11.1 Å². The topological polar surface area (TPSA) is 58.4 Å². The first-order valence-electron chi connectivity index (χ1n) is 3.91. The summed E-state index contributed by atoms with van der Waals surface area (Å²) in [5.41, 5.74) is 5.26. The van der Waals surface area contributed by atoms with Crippen LogP contribution in [0.2, 0.25) is 0 Å². The molecule has 11 heavy (non-hydrogen) atoms. The number of carbonyl (C=O) groups excluding carboxylic acids is 1. The predicted octanol–water partition coefficient (Wildman–Crippen LogP) is -0.00350. The lowest BCUT2D eigenvalue weighted by atomic mass is 10.4. The van der Waals surface area contributed by atoms with Gasteiger partial charge in [0.1, 0.15) is 0 Å². The summed E-state index contributed by atoms with van der Waals surface area (Å²) in [6.45, 7) is 3.95. The predicted molar refractivity (Wildman–Crippen MR) is 45.4 cm³/mol. The molecule has 0 radical (unpaired) electrons. The maximum Gasteiger partial charge on any atom is 0.317 e. The number of rotatable bonds is 4. The first kappa shape index (κ1) is 10.2. The largest absolute Gasteiger partial charge is 0.338 e. The van der Waals surface area contributed by atoms with Gasteiger partial charge in [-0.2, -0.15) is 0 Å². The van der Waals surface area contributed by atoms with Gasteiger partial charge in [-0.3, -0.25) is 0 Å². The van der Waals surface area contributed by atoms with Crippen molar-refractivity contribution in [3.63, 3.8) is 0 Å². The van der Waals surface area contributed by atoms with Crippen LogP contribution in [0.1, 0.15) is 13.3 Å². The summed E-state index contributed by atoms with van der Waals surface area (Å²) in [5.74, 6) is 0. The zero-order valence-electron chi connectivity index (χ0n) is 7.26. The van der Waals surface area contributed by atoms with Crippen LogP contribution in [-0.4, -0.2) is 37.6 Å². The molecule has 0 aromatic heterocycles. The maximum absolute atomic E-state index is 11.0. The van der Waals surface area contributed by atoms with Crippen LogP contribution in [0, 0.1) is 0 Å². The Bertz CT molecular complexity index is 116. The monoisotopic (exact) mass is 159 g/mol. The SMILES string of the molecule is CCN(C)C(=O)NCCCN. The van der Waals surface area contributed by atoms with Gasteiger partial charge in [0.25, 0.3) is 0 Å². The Kier molecular flexibility index (Phi) is 5.56. The van der Waals surface area contributed by atoms with Crippen LogP contribution in [0.15, 0.2) is 0 Å². The molecule has 0 atom stereocenters. The Balaban J connectivity index is 3.36. The van der Waals surface area contributed by atoms with E-state index in [1.165, 1.54) is 0 Å². The molecule has 66 valence electrons. The minimum Gasteiger partial charge on any atom is -0.338 e. The lowest BCUT2D eigenvalue weighted by Gasteiger charge is -2.14. The van der Waals surface area contributed by atoms with E-state index in [0.717, 1.165) is 13.0 Å². The summed E-state index contributed by atoms with van der Waals surface area (Å²) in [7, 11) is 1.76. The van der Waals surface area contributed by atoms with E-state index in [1.54, 1.807) is 11.9 Å². The fourth-order valence-electron chi connectivity index (χ4n) is 0.576. The van der Waals surface area contributed by atoms with Gasteiger partial charge in [-0.25, -0.2) is 4.79 Å². The minimum atomic E-state index is -0.0269. The molecule has 0 bridgehead atoms. The van der Waals surface area contributed by atoms with E-state index in [-0.39, 0.29) is 6.03 Å². The highest BCUT2D eigenvalue weighted by molar-refractivity contribution is 5.73. The lowest BCUT2D eigenvalue weighted by molar-refractivity contribution is 0.211. The molecule has 0 aromatic carbocycles. The maximum atomic E-state index is 11.0. The van der Waals surface area contributed by atoms with Crippen molar-refractivity contribution in [3.05, 3.63) is 0 Å². The Labute approximate surface area is 67.7 Å². The van der Waals surface area contributed by atoms with E-state index in [2.05, 4.69) is 5.32 Å². The number of nitrogens with zero attached hydrogens (tertiary/aromatic N) is 1. The Hall–Kier alpha value is -0.770. The lowest BCUT2D eigenvalue weighted by Crippen LogP contribution is -2.37. The van der Waals surface area contributed by atoms with Crippen LogP contribution in [-0.2, 0) is 0 Å². The van der Waals surface area contributed by atoms with Gasteiger partial charge in [0.2, 0.25) is 0 Å². The zero-order valence-corrected chi connectivity index (χ0v) is 7.26. The standard InChI is InChI=1S/C7H17N3O/c1-3-10(2)7(11)9-6-4-5-8/h3-6,8H2,1-2H3,(H,9,11). The molecule has 0 saturated heterocycles. The summed E-state index contributed by atoms with van der Waals surface area (Å²) in [5, 5.41) is 2.74. The third-order valence-electron chi connectivity index (χ3n) is 1.48. The van der Waals surface area contributed by atoms with Crippen LogP contribution >= 0.6 is 0 Å². The number of urea groups is 1. The van der Waals surface area contributed by atoms with Crippen molar-refractivity contribution in [3.8, 4) is 0 Å². The van der Waals surface area contributed by atoms with E-state index in [4.69, 9.17) is 5.73 Å². The van der Waals surface area contributed by atoms with E-state index < -0.39 is 0 Å². The fraction of sp³-hybridized carbons (Fsp3) is 0.857. The van der Waals surface area contributed by atoms with E-state index >= 15 is 0 Å². The van der Waals surface area contributed by atoms with Crippen LogP contribution in [0.5, 0.6) is 0 Å². The highest BCUT2D eigenvalue weighted by Gasteiger charge is 2.02. The van der Waals surface area contributed by atoms with Crippen molar-refractivity contribution < 1.29 is 4.79 Å². The molecule has 0 unspecified atom stereocenters. The van der Waals surface area contributed by atoms with Gasteiger partial charge in [0.15, 0.2) is 0 Å². The third-order valence-corrected chi connectivity index (χ3v) is 1.48. The Morgan fingerprint density at radius 1 is 1.64 bits per heavy atom. The van der Waals surface area contributed by atoms with Crippen molar-refractivity contribution in [2.24, 2.45) is 5.73 Å². The first-order valence-corrected chi connectivity index (χ1v) is 3.91. The zero-order chi connectivity index (χ0) is 8.69. The minimum absolute atomic E-state index is 0.0269. The Morgan fingerprint density at radius 3 is 2.73 bits per heavy atom. The molecule has 0 heterocycles. The number of hydrogen-bond donors (Lipinski definition) is 2. The van der Waals surface area contributed by atoms with Gasteiger partial charge < -0.3 is 16.0 Å². The first-order chi connectivity index (χ1) is 5.22. The number of nitrogens with two attached hydrogens (primary N) is 1. The molecule has 2 amide bonds. The summed E-state index contributed by atoms with van der Waals surface area (Å²) >= 11 is 0. The van der Waals surface area contributed by atoms with Crippen molar-refractivity contribution in [1.82, 2.24) is 10.2 Å². The number of carbonyl (C=O) groups is 1. The number of hydrogen-bond acceptors (Lipinski definition) is 2. The molecule has 0 aromatic rings. The molecule has 0 rings (SSSR count). The average molecular weight is 159 g/mol. The van der Waals surface area contributed by atoms with E-state index in [1.807, 2.05) is 6.92 Å². The second kappa shape index (κ2) is 5.97. The average Bonchev–Trinajstić information content (AvgIpc) is 2.03. The molecule has 0 aliphatic rings. The molecule has 4 heteroatoms. The molecule has 0 aliphatic heterocycles. The van der Waals surface area contributed by atoms with Crippen LogP contribution in [0.4, 0.5) is 4.79 Å². The second-order valence-electron chi connectivity index (χ2n) is 2.39. The van der Waals surface area contributed by atoms with E-state index in [9.17, 15) is 4.79 Å². The van der Waals surface area contributed by atoms with Gasteiger partial charge in [-0.05, 0) is 19.9 Å². The summed E-state index contributed by atoms with van der Waals surface area (Å²) in [4.78, 5) is 12.6. The fourth-order valence-corrected chi connectivity index (χ4v) is 0.576. The second-order valence-corrected chi connectivity index (χ2v) is 2.39. The summed E-state index contributed by atoms with van der Waals surface area (Å²) in [6, 6.07) is -0.0269. The highest BCUT2D eigenvalue weighted by Crippen LogP contribution is 1.82. The van der Waals surface area contributed by atoms with Gasteiger partial charge in [0.05, 0.1) is 0 Å². The van der Waals surface area contributed by atoms with Gasteiger partial charge in [0, 0.05) is 20.1 Å². The third kappa shape index (κ3) is 4.61. The van der Waals surface area contributed by atoms with Crippen LogP contribution in [0.3, 0.4) is 0 Å². The van der Waals surface area contributed by atoms with Crippen molar-refractivity contribution in [2.45, 2.75) is 13.3 Å². The molecule has 4 nitrogen and oxygen atoms in total. The molecule has 0 spiro atoms. The van der Waals surface area contributed by atoms with E-state index in [0.29, 0.717) is 13.1 Å². The Morgan fingerprint density at radius 2 is 2.27 bits per heavy atom. The molecular weight excluding hydrogens is 142 g/mol. The van der Waals surface area contributed by atoms with Crippen molar-refractivity contribution in [1.29, 1.82) is 0 Å². The molecule has 0 saturated carbocycles. The van der Waals surface area contributed by atoms with Gasteiger partial charge in [-0.1, -0.05) is 0 Å². The van der Waals surface area contributed by atoms with Crippen LogP contribution in [0.25, 0.3) is 0 Å². The normalized spacial score (nSPS) is 9.36. The number of nitrogens with one attached hydrogen (secondary N) is 1.